The first kappa shape index (κ1) is 18.4. The van der Waals surface area contributed by atoms with Crippen LogP contribution in [0.15, 0.2) is 24.3 Å². The molecule has 1 amide bonds. The lowest BCUT2D eigenvalue weighted by Crippen LogP contribution is -3.12. The van der Waals surface area contributed by atoms with Gasteiger partial charge in [-0.05, 0) is 32.9 Å². The molecule has 0 spiro atoms. The van der Waals surface area contributed by atoms with E-state index >= 15 is 0 Å². The maximum absolute atomic E-state index is 12.0. The van der Waals surface area contributed by atoms with Gasteiger partial charge in [0.1, 0.15) is 19.6 Å². The van der Waals surface area contributed by atoms with E-state index in [4.69, 9.17) is 9.47 Å². The standard InChI is InChI=1S/C18H26N2O4/c1-18(2,3)19-16(21)13-24-17(22)15-6-4-14(5-7-15)12-20-8-10-23-11-9-20/h4-7H,8-13H2,1-3H3,(H,19,21)/p+1. The third-order valence-corrected chi connectivity index (χ3v) is 3.69. The summed E-state index contributed by atoms with van der Waals surface area (Å²) in [5, 5.41) is 2.75. The van der Waals surface area contributed by atoms with Crippen LogP contribution in [-0.4, -0.2) is 50.3 Å². The number of amides is 1. The maximum atomic E-state index is 12.0. The number of nitrogens with one attached hydrogen (secondary N) is 2. The number of quaternary nitrogens is 1. The molecule has 0 aliphatic carbocycles. The highest BCUT2D eigenvalue weighted by Gasteiger charge is 2.17. The van der Waals surface area contributed by atoms with Gasteiger partial charge in [0.2, 0.25) is 0 Å². The van der Waals surface area contributed by atoms with Gasteiger partial charge in [-0.15, -0.1) is 0 Å². The first-order chi connectivity index (χ1) is 11.3. The van der Waals surface area contributed by atoms with Crippen molar-refractivity contribution in [3.05, 3.63) is 35.4 Å². The van der Waals surface area contributed by atoms with Crippen LogP contribution in [0.5, 0.6) is 0 Å². The highest BCUT2D eigenvalue weighted by molar-refractivity contribution is 5.91. The molecule has 0 radical (unpaired) electrons. The molecular weight excluding hydrogens is 308 g/mol. The Bertz CT molecular complexity index is 557. The van der Waals surface area contributed by atoms with Crippen LogP contribution in [0.25, 0.3) is 0 Å². The zero-order chi connectivity index (χ0) is 17.6. The molecule has 0 aromatic heterocycles. The molecule has 132 valence electrons. The second kappa shape index (κ2) is 8.26. The largest absolute Gasteiger partial charge is 0.452 e. The number of esters is 1. The number of benzene rings is 1. The number of rotatable bonds is 5. The molecule has 24 heavy (non-hydrogen) atoms. The van der Waals surface area contributed by atoms with Gasteiger partial charge in [0.25, 0.3) is 5.91 Å². The number of hydrogen-bond donors (Lipinski definition) is 2. The molecular formula is C18H27N2O4+. The fourth-order valence-corrected chi connectivity index (χ4v) is 2.55. The van der Waals surface area contributed by atoms with Crippen molar-refractivity contribution >= 4 is 11.9 Å². The fraction of sp³-hybridized carbons (Fsp3) is 0.556. The van der Waals surface area contributed by atoms with E-state index in [-0.39, 0.29) is 18.1 Å². The predicted molar refractivity (Wildman–Crippen MR) is 89.8 cm³/mol. The Morgan fingerprint density at radius 2 is 1.79 bits per heavy atom. The molecule has 6 heteroatoms. The van der Waals surface area contributed by atoms with Crippen LogP contribution in [-0.2, 0) is 20.8 Å². The monoisotopic (exact) mass is 335 g/mol. The van der Waals surface area contributed by atoms with Crippen LogP contribution in [0, 0.1) is 0 Å². The first-order valence-electron chi connectivity index (χ1n) is 8.32. The maximum Gasteiger partial charge on any atom is 0.338 e. The smallest absolute Gasteiger partial charge is 0.338 e. The minimum Gasteiger partial charge on any atom is -0.452 e. The molecule has 2 N–H and O–H groups in total. The van der Waals surface area contributed by atoms with E-state index in [1.54, 1.807) is 12.1 Å². The fourth-order valence-electron chi connectivity index (χ4n) is 2.55. The van der Waals surface area contributed by atoms with E-state index in [1.165, 1.54) is 10.5 Å². The number of ether oxygens (including phenoxy) is 2. The van der Waals surface area contributed by atoms with E-state index < -0.39 is 5.97 Å². The Hall–Kier alpha value is -1.92. The van der Waals surface area contributed by atoms with Crippen LogP contribution in [0.1, 0.15) is 36.7 Å². The van der Waals surface area contributed by atoms with Gasteiger partial charge >= 0.3 is 5.97 Å². The van der Waals surface area contributed by atoms with Crippen LogP contribution in [0.4, 0.5) is 0 Å². The lowest BCUT2D eigenvalue weighted by Gasteiger charge is -2.23. The molecule has 0 atom stereocenters. The number of carbonyl (C=O) groups excluding carboxylic acids is 2. The molecule has 1 saturated heterocycles. The molecule has 1 fully saturated rings. The Morgan fingerprint density at radius 3 is 2.38 bits per heavy atom. The van der Waals surface area contributed by atoms with Gasteiger partial charge < -0.3 is 19.7 Å². The minimum absolute atomic E-state index is 0.268. The topological polar surface area (TPSA) is 69.1 Å². The number of morpholine rings is 1. The number of hydrogen-bond acceptors (Lipinski definition) is 4. The third-order valence-electron chi connectivity index (χ3n) is 3.69. The Kier molecular flexibility index (Phi) is 6.34. The zero-order valence-electron chi connectivity index (χ0n) is 14.7. The Labute approximate surface area is 143 Å². The van der Waals surface area contributed by atoms with Gasteiger partial charge in [-0.3, -0.25) is 4.79 Å². The third kappa shape index (κ3) is 6.29. The molecule has 1 heterocycles. The van der Waals surface area contributed by atoms with Gasteiger partial charge in [0.05, 0.1) is 18.8 Å². The molecule has 2 rings (SSSR count). The molecule has 0 unspecified atom stereocenters. The van der Waals surface area contributed by atoms with E-state index in [9.17, 15) is 9.59 Å². The zero-order valence-corrected chi connectivity index (χ0v) is 14.7. The Morgan fingerprint density at radius 1 is 1.17 bits per heavy atom. The highest BCUT2D eigenvalue weighted by Crippen LogP contribution is 2.06. The van der Waals surface area contributed by atoms with E-state index in [0.29, 0.717) is 5.56 Å². The summed E-state index contributed by atoms with van der Waals surface area (Å²) in [6.45, 7) is 9.90. The van der Waals surface area contributed by atoms with Gasteiger partial charge in [0.15, 0.2) is 6.61 Å². The van der Waals surface area contributed by atoms with Crippen molar-refractivity contribution in [2.45, 2.75) is 32.9 Å². The summed E-state index contributed by atoms with van der Waals surface area (Å²) in [7, 11) is 0. The summed E-state index contributed by atoms with van der Waals surface area (Å²) in [6, 6.07) is 7.38. The molecule has 1 aromatic carbocycles. The van der Waals surface area contributed by atoms with Gasteiger partial charge in [-0.2, -0.15) is 0 Å². The van der Waals surface area contributed by atoms with Crippen molar-refractivity contribution in [2.24, 2.45) is 0 Å². The van der Waals surface area contributed by atoms with Gasteiger partial charge in [0, 0.05) is 11.1 Å². The van der Waals surface area contributed by atoms with E-state index in [1.807, 2.05) is 32.9 Å². The predicted octanol–water partition coefficient (Wildman–Crippen LogP) is 0.173. The van der Waals surface area contributed by atoms with Crippen LogP contribution in [0.3, 0.4) is 0 Å². The molecule has 1 aliphatic rings. The first-order valence-corrected chi connectivity index (χ1v) is 8.32. The summed E-state index contributed by atoms with van der Waals surface area (Å²) in [6.07, 6.45) is 0. The Balaban J connectivity index is 1.81. The van der Waals surface area contributed by atoms with Crippen molar-refractivity contribution in [1.29, 1.82) is 0 Å². The summed E-state index contributed by atoms with van der Waals surface area (Å²) in [4.78, 5) is 25.1. The van der Waals surface area contributed by atoms with Crippen molar-refractivity contribution in [1.82, 2.24) is 5.32 Å². The highest BCUT2D eigenvalue weighted by atomic mass is 16.5. The van der Waals surface area contributed by atoms with Gasteiger partial charge in [-0.1, -0.05) is 12.1 Å². The van der Waals surface area contributed by atoms with Crippen molar-refractivity contribution in [3.8, 4) is 0 Å². The van der Waals surface area contributed by atoms with Gasteiger partial charge in [-0.25, -0.2) is 4.79 Å². The van der Waals surface area contributed by atoms with Crippen LogP contribution >= 0.6 is 0 Å². The molecule has 1 aliphatic heterocycles. The summed E-state index contributed by atoms with van der Waals surface area (Å²) < 4.78 is 10.4. The van der Waals surface area contributed by atoms with E-state index in [0.717, 1.165) is 32.8 Å². The summed E-state index contributed by atoms with van der Waals surface area (Å²) >= 11 is 0. The van der Waals surface area contributed by atoms with Crippen LogP contribution in [0.2, 0.25) is 0 Å². The lowest BCUT2D eigenvalue weighted by molar-refractivity contribution is -0.921. The SMILES string of the molecule is CC(C)(C)NC(=O)COC(=O)c1ccc(C[NH+]2CCOCC2)cc1. The second-order valence-corrected chi connectivity index (χ2v) is 7.11. The number of carbonyl (C=O) groups is 2. The molecule has 6 nitrogen and oxygen atoms in total. The van der Waals surface area contributed by atoms with Crippen LogP contribution < -0.4 is 10.2 Å². The van der Waals surface area contributed by atoms with Crippen molar-refractivity contribution in [3.63, 3.8) is 0 Å². The van der Waals surface area contributed by atoms with Crippen molar-refractivity contribution < 1.29 is 24.0 Å². The molecule has 0 saturated carbocycles. The second-order valence-electron chi connectivity index (χ2n) is 7.11. The quantitative estimate of drug-likeness (QED) is 0.753. The normalized spacial score (nSPS) is 15.8. The lowest BCUT2D eigenvalue weighted by atomic mass is 10.1. The summed E-state index contributed by atoms with van der Waals surface area (Å²) in [5.41, 5.74) is 1.29. The van der Waals surface area contributed by atoms with E-state index in [2.05, 4.69) is 5.32 Å². The molecule has 1 aromatic rings. The molecule has 0 bridgehead atoms. The summed E-state index contributed by atoms with van der Waals surface area (Å²) in [5.74, 6) is -0.785. The van der Waals surface area contributed by atoms with Crippen molar-refractivity contribution in [2.75, 3.05) is 32.9 Å². The average Bonchev–Trinajstić information content (AvgIpc) is 2.53. The minimum atomic E-state index is -0.482. The average molecular weight is 335 g/mol.